The van der Waals surface area contributed by atoms with Gasteiger partial charge in [0.25, 0.3) is 0 Å². The predicted molar refractivity (Wildman–Crippen MR) is 97.8 cm³/mol. The van der Waals surface area contributed by atoms with Crippen LogP contribution in [-0.4, -0.2) is 24.1 Å². The van der Waals surface area contributed by atoms with Gasteiger partial charge in [-0.05, 0) is 36.8 Å². The lowest BCUT2D eigenvalue weighted by atomic mass is 10.1. The summed E-state index contributed by atoms with van der Waals surface area (Å²) in [6.07, 6.45) is 0. The van der Waals surface area contributed by atoms with Crippen molar-refractivity contribution in [1.82, 2.24) is 5.32 Å². The number of para-hydroxylation sites is 1. The van der Waals surface area contributed by atoms with Gasteiger partial charge < -0.3 is 16.4 Å². The molecule has 26 heavy (non-hydrogen) atoms. The monoisotopic (exact) mass is 379 g/mol. The van der Waals surface area contributed by atoms with Crippen molar-refractivity contribution in [2.75, 3.05) is 17.6 Å². The zero-order valence-electron chi connectivity index (χ0n) is 14.1. The summed E-state index contributed by atoms with van der Waals surface area (Å²) in [7, 11) is 0. The molecular weight excluding hydrogens is 360 g/mol. The number of carbonyl (C=O) groups excluding carboxylic acids is 2. The Balaban J connectivity index is 1.92. The topological polar surface area (TPSA) is 84.2 Å². The first kappa shape index (κ1) is 19.9. The number of nitrogens with one attached hydrogen (secondary N) is 2. The summed E-state index contributed by atoms with van der Waals surface area (Å²) in [6, 6.07) is 10.3. The first-order valence-corrected chi connectivity index (χ1v) is 8.83. The normalized spacial score (nSPS) is 11.8. The highest BCUT2D eigenvalue weighted by atomic mass is 32.2. The van der Waals surface area contributed by atoms with E-state index in [4.69, 9.17) is 5.73 Å². The molecule has 0 saturated carbocycles. The highest BCUT2D eigenvalue weighted by Crippen LogP contribution is 2.26. The number of anilines is 1. The minimum absolute atomic E-state index is 0.0189. The molecule has 2 rings (SSSR count). The van der Waals surface area contributed by atoms with Gasteiger partial charge in [-0.3, -0.25) is 9.59 Å². The number of rotatable bonds is 8. The number of nitrogens with two attached hydrogens (primary N) is 1. The first-order chi connectivity index (χ1) is 12.4. The van der Waals surface area contributed by atoms with Crippen molar-refractivity contribution in [3.63, 3.8) is 0 Å². The number of amides is 2. The molecule has 1 atom stereocenters. The zero-order chi connectivity index (χ0) is 19.1. The molecule has 4 N–H and O–H groups in total. The van der Waals surface area contributed by atoms with Crippen LogP contribution in [0.15, 0.2) is 47.4 Å². The third kappa shape index (κ3) is 5.82. The number of halogens is 2. The van der Waals surface area contributed by atoms with E-state index in [0.29, 0.717) is 11.3 Å². The maximum Gasteiger partial charge on any atom is 0.238 e. The Morgan fingerprint density at radius 2 is 1.88 bits per heavy atom. The molecule has 0 saturated heterocycles. The molecule has 0 aliphatic rings. The van der Waals surface area contributed by atoms with Gasteiger partial charge in [0, 0.05) is 10.9 Å². The molecule has 0 unspecified atom stereocenters. The quantitative estimate of drug-likeness (QED) is 0.616. The molecule has 5 nitrogen and oxygen atoms in total. The number of benzene rings is 2. The molecule has 0 heterocycles. The second-order valence-electron chi connectivity index (χ2n) is 5.58. The van der Waals surface area contributed by atoms with Crippen LogP contribution in [0.5, 0.6) is 0 Å². The van der Waals surface area contributed by atoms with Gasteiger partial charge >= 0.3 is 0 Å². The molecule has 0 fully saturated rings. The van der Waals surface area contributed by atoms with Crippen molar-refractivity contribution in [3.8, 4) is 0 Å². The van der Waals surface area contributed by atoms with E-state index in [2.05, 4.69) is 10.6 Å². The highest BCUT2D eigenvalue weighted by molar-refractivity contribution is 8.00. The van der Waals surface area contributed by atoms with E-state index in [-0.39, 0.29) is 24.2 Å². The molecule has 2 aromatic rings. The number of hydrogen-bond acceptors (Lipinski definition) is 4. The summed E-state index contributed by atoms with van der Waals surface area (Å²) in [4.78, 5) is 23.8. The van der Waals surface area contributed by atoms with Crippen molar-refractivity contribution >= 4 is 29.3 Å². The molecule has 0 aromatic heterocycles. The van der Waals surface area contributed by atoms with Crippen molar-refractivity contribution in [2.45, 2.75) is 17.9 Å². The molecular formula is C18H19F2N3O2S. The number of thioether (sulfide) groups is 1. The van der Waals surface area contributed by atoms with Gasteiger partial charge in [0.05, 0.1) is 18.0 Å². The second-order valence-corrected chi connectivity index (χ2v) is 6.59. The summed E-state index contributed by atoms with van der Waals surface area (Å²) in [5.41, 5.74) is 6.25. The molecule has 8 heteroatoms. The fourth-order valence-electron chi connectivity index (χ4n) is 2.18. The van der Waals surface area contributed by atoms with Crippen LogP contribution < -0.4 is 16.4 Å². The lowest BCUT2D eigenvalue weighted by Gasteiger charge is -2.15. The number of hydrogen-bond donors (Lipinski definition) is 3. The van der Waals surface area contributed by atoms with Crippen LogP contribution in [-0.2, 0) is 9.59 Å². The SMILES string of the molecule is C[C@H](NCC(=O)Nc1ccccc1SCC(N)=O)c1ccc(F)c(F)c1. The smallest absolute Gasteiger partial charge is 0.238 e. The minimum Gasteiger partial charge on any atom is -0.369 e. The fourth-order valence-corrected chi connectivity index (χ4v) is 2.93. The van der Waals surface area contributed by atoms with Gasteiger partial charge in [-0.15, -0.1) is 11.8 Å². The van der Waals surface area contributed by atoms with Crippen molar-refractivity contribution in [2.24, 2.45) is 5.73 Å². The molecule has 0 radical (unpaired) electrons. The lowest BCUT2D eigenvalue weighted by Crippen LogP contribution is -2.30. The van der Waals surface area contributed by atoms with E-state index < -0.39 is 17.5 Å². The molecule has 0 aliphatic carbocycles. The number of carbonyl (C=O) groups is 2. The summed E-state index contributed by atoms with van der Waals surface area (Å²) in [5, 5.41) is 5.71. The largest absolute Gasteiger partial charge is 0.369 e. The molecule has 0 aliphatic heterocycles. The Hall–Kier alpha value is -2.45. The third-order valence-corrected chi connectivity index (χ3v) is 4.64. The van der Waals surface area contributed by atoms with E-state index in [1.54, 1.807) is 31.2 Å². The van der Waals surface area contributed by atoms with E-state index in [1.165, 1.54) is 17.8 Å². The Kier molecular flexibility index (Phi) is 7.11. The van der Waals surface area contributed by atoms with Crippen LogP contribution in [0.1, 0.15) is 18.5 Å². The van der Waals surface area contributed by atoms with Crippen LogP contribution in [0.2, 0.25) is 0 Å². The second kappa shape index (κ2) is 9.30. The minimum atomic E-state index is -0.930. The average Bonchev–Trinajstić information content (AvgIpc) is 2.61. The van der Waals surface area contributed by atoms with Crippen molar-refractivity contribution < 1.29 is 18.4 Å². The molecule has 2 amide bonds. The van der Waals surface area contributed by atoms with Gasteiger partial charge in [-0.2, -0.15) is 0 Å². The van der Waals surface area contributed by atoms with Gasteiger partial charge in [-0.1, -0.05) is 18.2 Å². The maximum absolute atomic E-state index is 13.3. The summed E-state index contributed by atoms with van der Waals surface area (Å²) >= 11 is 1.23. The Morgan fingerprint density at radius 3 is 2.58 bits per heavy atom. The van der Waals surface area contributed by atoms with Crippen LogP contribution >= 0.6 is 11.8 Å². The van der Waals surface area contributed by atoms with Crippen LogP contribution in [0.4, 0.5) is 14.5 Å². The number of primary amides is 1. The zero-order valence-corrected chi connectivity index (χ0v) is 14.9. The predicted octanol–water partition coefficient (Wildman–Crippen LogP) is 2.83. The van der Waals surface area contributed by atoms with Crippen LogP contribution in [0.3, 0.4) is 0 Å². The van der Waals surface area contributed by atoms with E-state index in [9.17, 15) is 18.4 Å². The molecule has 2 aromatic carbocycles. The summed E-state index contributed by atoms with van der Waals surface area (Å²) < 4.78 is 26.3. The van der Waals surface area contributed by atoms with Gasteiger partial charge in [-0.25, -0.2) is 8.78 Å². The van der Waals surface area contributed by atoms with Gasteiger partial charge in [0.15, 0.2) is 11.6 Å². The molecule has 0 bridgehead atoms. The maximum atomic E-state index is 13.3. The van der Waals surface area contributed by atoms with Gasteiger partial charge in [0.1, 0.15) is 0 Å². The van der Waals surface area contributed by atoms with Crippen molar-refractivity contribution in [1.29, 1.82) is 0 Å². The molecule has 138 valence electrons. The fraction of sp³-hybridized carbons (Fsp3) is 0.222. The van der Waals surface area contributed by atoms with E-state index in [0.717, 1.165) is 17.0 Å². The average molecular weight is 379 g/mol. The Bertz CT molecular complexity index is 802. The third-order valence-electron chi connectivity index (χ3n) is 3.54. The Morgan fingerprint density at radius 1 is 1.15 bits per heavy atom. The lowest BCUT2D eigenvalue weighted by molar-refractivity contribution is -0.116. The Labute approximate surface area is 154 Å². The standard InChI is InChI=1S/C18H19F2N3O2S/c1-11(12-6-7-13(19)14(20)8-12)22-9-18(25)23-15-4-2-3-5-16(15)26-10-17(21)24/h2-8,11,22H,9-10H2,1H3,(H2,21,24)(H,23,25)/t11-/m0/s1. The van der Waals surface area contributed by atoms with Crippen LogP contribution in [0, 0.1) is 11.6 Å². The van der Waals surface area contributed by atoms with Crippen LogP contribution in [0.25, 0.3) is 0 Å². The van der Waals surface area contributed by atoms with E-state index in [1.807, 2.05) is 0 Å². The summed E-state index contributed by atoms with van der Waals surface area (Å²) in [6.45, 7) is 1.73. The van der Waals surface area contributed by atoms with Crippen molar-refractivity contribution in [3.05, 3.63) is 59.7 Å². The highest BCUT2D eigenvalue weighted by Gasteiger charge is 2.12. The van der Waals surface area contributed by atoms with E-state index >= 15 is 0 Å². The molecule has 0 spiro atoms. The van der Waals surface area contributed by atoms with Gasteiger partial charge in [0.2, 0.25) is 11.8 Å². The first-order valence-electron chi connectivity index (χ1n) is 7.85. The summed E-state index contributed by atoms with van der Waals surface area (Å²) in [5.74, 6) is -2.48.